The van der Waals surface area contributed by atoms with Crippen LogP contribution in [0.15, 0.2) is 54.0 Å². The number of hydrogen-bond acceptors (Lipinski definition) is 5. The van der Waals surface area contributed by atoms with Crippen molar-refractivity contribution in [3.8, 4) is 5.75 Å². The monoisotopic (exact) mass is 421 g/mol. The average Bonchev–Trinajstić information content (AvgIpc) is 3.13. The topological polar surface area (TPSA) is 48.4 Å². The zero-order chi connectivity index (χ0) is 21.0. The summed E-state index contributed by atoms with van der Waals surface area (Å²) in [5.41, 5.74) is 2.83. The van der Waals surface area contributed by atoms with Gasteiger partial charge in [-0.25, -0.2) is 9.78 Å². The van der Waals surface area contributed by atoms with Crippen LogP contribution in [0, 0.1) is 6.92 Å². The summed E-state index contributed by atoms with van der Waals surface area (Å²) >= 11 is 1.47. The summed E-state index contributed by atoms with van der Waals surface area (Å²) < 4.78 is 49.1. The van der Waals surface area contributed by atoms with E-state index in [1.807, 2.05) is 6.92 Å². The standard InChI is InChI=1S/C21H18F3NO3S/c1-13-19(25-12-29-13)18(11-14-3-7-16(8-4-14)21(22,23)24)28-17-9-5-15(6-10-17)20(26)27-2/h3-10,12,18H,11H2,1-2H3. The van der Waals surface area contributed by atoms with Crippen molar-refractivity contribution in [1.82, 2.24) is 4.98 Å². The molecule has 1 aromatic heterocycles. The van der Waals surface area contributed by atoms with Crippen LogP contribution in [0.25, 0.3) is 0 Å². The molecular formula is C21H18F3NO3S. The molecule has 8 heteroatoms. The number of ether oxygens (including phenoxy) is 2. The van der Waals surface area contributed by atoms with Gasteiger partial charge in [0.1, 0.15) is 11.9 Å². The molecule has 0 aliphatic heterocycles. The first kappa shape index (κ1) is 20.9. The average molecular weight is 421 g/mol. The van der Waals surface area contributed by atoms with Crippen molar-refractivity contribution in [2.24, 2.45) is 0 Å². The lowest BCUT2D eigenvalue weighted by molar-refractivity contribution is -0.137. The van der Waals surface area contributed by atoms with Gasteiger partial charge in [0.15, 0.2) is 0 Å². The Balaban J connectivity index is 1.82. The predicted octanol–water partition coefficient (Wildman–Crippen LogP) is 5.62. The third-order valence-electron chi connectivity index (χ3n) is 4.34. The van der Waals surface area contributed by atoms with Crippen molar-refractivity contribution in [2.75, 3.05) is 7.11 Å². The van der Waals surface area contributed by atoms with E-state index in [0.29, 0.717) is 23.3 Å². The van der Waals surface area contributed by atoms with Gasteiger partial charge in [-0.2, -0.15) is 13.2 Å². The Morgan fingerprint density at radius 3 is 2.28 bits per heavy atom. The van der Waals surface area contributed by atoms with E-state index in [4.69, 9.17) is 4.74 Å². The Labute approximate surface area is 169 Å². The van der Waals surface area contributed by atoms with Crippen LogP contribution in [-0.4, -0.2) is 18.1 Å². The molecule has 0 aliphatic carbocycles. The maximum absolute atomic E-state index is 12.8. The summed E-state index contributed by atoms with van der Waals surface area (Å²) in [6.45, 7) is 1.91. The highest BCUT2D eigenvalue weighted by Crippen LogP contribution is 2.32. The Morgan fingerprint density at radius 1 is 1.10 bits per heavy atom. The van der Waals surface area contributed by atoms with Crippen LogP contribution < -0.4 is 4.74 Å². The molecule has 0 amide bonds. The number of carbonyl (C=O) groups is 1. The van der Waals surface area contributed by atoms with Crippen LogP contribution in [0.3, 0.4) is 0 Å². The van der Waals surface area contributed by atoms with Gasteiger partial charge in [0.25, 0.3) is 0 Å². The molecule has 0 bridgehead atoms. The molecule has 0 saturated heterocycles. The van der Waals surface area contributed by atoms with Gasteiger partial charge in [-0.15, -0.1) is 11.3 Å². The molecule has 0 N–H and O–H groups in total. The molecule has 0 fully saturated rings. The second-order valence-electron chi connectivity index (χ2n) is 6.32. The second kappa shape index (κ2) is 8.65. The van der Waals surface area contributed by atoms with E-state index in [2.05, 4.69) is 9.72 Å². The molecule has 4 nitrogen and oxygen atoms in total. The number of alkyl halides is 3. The van der Waals surface area contributed by atoms with Gasteiger partial charge in [-0.1, -0.05) is 12.1 Å². The first-order valence-corrected chi connectivity index (χ1v) is 9.57. The number of aromatic nitrogens is 1. The maximum atomic E-state index is 12.8. The Hall–Kier alpha value is -2.87. The van der Waals surface area contributed by atoms with Gasteiger partial charge in [0, 0.05) is 11.3 Å². The van der Waals surface area contributed by atoms with E-state index >= 15 is 0 Å². The van der Waals surface area contributed by atoms with E-state index < -0.39 is 23.8 Å². The van der Waals surface area contributed by atoms with Gasteiger partial charge in [-0.3, -0.25) is 0 Å². The number of rotatable bonds is 6. The van der Waals surface area contributed by atoms with E-state index in [1.54, 1.807) is 29.8 Å². The van der Waals surface area contributed by atoms with Crippen molar-refractivity contribution < 1.29 is 27.4 Å². The normalized spacial score (nSPS) is 12.4. The predicted molar refractivity (Wildman–Crippen MR) is 103 cm³/mol. The summed E-state index contributed by atoms with van der Waals surface area (Å²) in [7, 11) is 1.30. The van der Waals surface area contributed by atoms with E-state index in [0.717, 1.165) is 22.7 Å². The number of esters is 1. The lowest BCUT2D eigenvalue weighted by atomic mass is 10.0. The lowest BCUT2D eigenvalue weighted by Gasteiger charge is -2.19. The SMILES string of the molecule is COC(=O)c1ccc(OC(Cc2ccc(C(F)(F)F)cc2)c2ncsc2C)cc1. The third-order valence-corrected chi connectivity index (χ3v) is 5.12. The zero-order valence-corrected chi connectivity index (χ0v) is 16.5. The van der Waals surface area contributed by atoms with Crippen molar-refractivity contribution in [3.05, 3.63) is 81.3 Å². The minimum atomic E-state index is -4.37. The van der Waals surface area contributed by atoms with E-state index in [-0.39, 0.29) is 0 Å². The van der Waals surface area contributed by atoms with Crippen LogP contribution in [0.2, 0.25) is 0 Å². The Kier molecular flexibility index (Phi) is 6.22. The fraction of sp³-hybridized carbons (Fsp3) is 0.238. The fourth-order valence-corrected chi connectivity index (χ4v) is 3.44. The molecule has 0 spiro atoms. The molecule has 0 radical (unpaired) electrons. The summed E-state index contributed by atoms with van der Waals surface area (Å²) in [5.74, 6) is 0.0650. The van der Waals surface area contributed by atoms with Crippen molar-refractivity contribution in [3.63, 3.8) is 0 Å². The van der Waals surface area contributed by atoms with Crippen LogP contribution in [0.5, 0.6) is 5.75 Å². The summed E-state index contributed by atoms with van der Waals surface area (Å²) in [4.78, 5) is 16.9. The number of hydrogen-bond donors (Lipinski definition) is 0. The first-order valence-electron chi connectivity index (χ1n) is 8.69. The molecule has 1 unspecified atom stereocenters. The molecule has 152 valence electrons. The van der Waals surface area contributed by atoms with Gasteiger partial charge in [0.2, 0.25) is 0 Å². The summed E-state index contributed by atoms with van der Waals surface area (Å²) in [5, 5.41) is 0. The highest BCUT2D eigenvalue weighted by atomic mass is 32.1. The smallest absolute Gasteiger partial charge is 0.416 e. The van der Waals surface area contributed by atoms with E-state index in [9.17, 15) is 18.0 Å². The number of aryl methyl sites for hydroxylation is 1. The van der Waals surface area contributed by atoms with Crippen LogP contribution >= 0.6 is 11.3 Å². The Morgan fingerprint density at radius 2 is 1.76 bits per heavy atom. The number of carbonyl (C=O) groups excluding carboxylic acids is 1. The Bertz CT molecular complexity index is 966. The van der Waals surface area contributed by atoms with Crippen molar-refractivity contribution >= 4 is 17.3 Å². The van der Waals surface area contributed by atoms with Gasteiger partial charge < -0.3 is 9.47 Å². The fourth-order valence-electron chi connectivity index (χ4n) is 2.81. The number of nitrogens with zero attached hydrogens (tertiary/aromatic N) is 1. The van der Waals surface area contributed by atoms with Crippen LogP contribution in [-0.2, 0) is 17.3 Å². The summed E-state index contributed by atoms with van der Waals surface area (Å²) in [6, 6.07) is 11.5. The quantitative estimate of drug-likeness (QED) is 0.485. The molecule has 2 aromatic carbocycles. The zero-order valence-electron chi connectivity index (χ0n) is 15.7. The molecular weight excluding hydrogens is 403 g/mol. The number of halogens is 3. The highest BCUT2D eigenvalue weighted by molar-refractivity contribution is 7.09. The van der Waals surface area contributed by atoms with Crippen molar-refractivity contribution in [2.45, 2.75) is 25.6 Å². The maximum Gasteiger partial charge on any atom is 0.416 e. The van der Waals surface area contributed by atoms with Crippen LogP contribution in [0.4, 0.5) is 13.2 Å². The number of benzene rings is 2. The van der Waals surface area contributed by atoms with Gasteiger partial charge in [-0.05, 0) is 48.9 Å². The molecule has 29 heavy (non-hydrogen) atoms. The first-order chi connectivity index (χ1) is 13.8. The molecule has 0 aliphatic rings. The minimum absolute atomic E-state index is 0.349. The van der Waals surface area contributed by atoms with Gasteiger partial charge >= 0.3 is 12.1 Å². The molecule has 1 atom stereocenters. The van der Waals surface area contributed by atoms with Crippen molar-refractivity contribution in [1.29, 1.82) is 0 Å². The number of thiazole rings is 1. The van der Waals surface area contributed by atoms with Gasteiger partial charge in [0.05, 0.1) is 29.4 Å². The molecule has 3 rings (SSSR count). The van der Waals surface area contributed by atoms with E-state index in [1.165, 1.54) is 30.6 Å². The third kappa shape index (κ3) is 5.14. The highest BCUT2D eigenvalue weighted by Gasteiger charge is 2.30. The second-order valence-corrected chi connectivity index (χ2v) is 7.37. The minimum Gasteiger partial charge on any atom is -0.484 e. The van der Waals surface area contributed by atoms with Crippen LogP contribution in [0.1, 0.15) is 38.2 Å². The molecule has 1 heterocycles. The summed E-state index contributed by atoms with van der Waals surface area (Å²) in [6.07, 6.45) is -4.51. The largest absolute Gasteiger partial charge is 0.484 e. The lowest BCUT2D eigenvalue weighted by Crippen LogP contribution is -2.13. The number of methoxy groups -OCH3 is 1. The molecule has 3 aromatic rings. The molecule has 0 saturated carbocycles.